The van der Waals surface area contributed by atoms with Gasteiger partial charge in [0.25, 0.3) is 5.56 Å². The minimum absolute atomic E-state index is 0.101. The summed E-state index contributed by atoms with van der Waals surface area (Å²) in [7, 11) is 0. The number of aromatic amines is 1. The molecule has 17 heavy (non-hydrogen) atoms. The molecule has 0 saturated heterocycles. The van der Waals surface area contributed by atoms with Gasteiger partial charge in [-0.05, 0) is 34.7 Å². The van der Waals surface area contributed by atoms with Crippen molar-refractivity contribution in [2.24, 2.45) is 10.9 Å². The van der Waals surface area contributed by atoms with Crippen LogP contribution in [0.4, 0.5) is 0 Å². The Morgan fingerprint density at radius 2 is 2.35 bits per heavy atom. The normalized spacial score (nSPS) is 26.3. The first-order valence-corrected chi connectivity index (χ1v) is 7.34. The van der Waals surface area contributed by atoms with E-state index in [1.165, 1.54) is 0 Å². The molecule has 2 heterocycles. The van der Waals surface area contributed by atoms with Gasteiger partial charge in [0.15, 0.2) is 0 Å². The third-order valence-corrected chi connectivity index (χ3v) is 4.21. The largest absolute Gasteiger partial charge is 0.321 e. The van der Waals surface area contributed by atoms with Crippen molar-refractivity contribution in [1.82, 2.24) is 4.98 Å². The zero-order chi connectivity index (χ0) is 12.4. The molecule has 0 aromatic carbocycles. The summed E-state index contributed by atoms with van der Waals surface area (Å²) >= 11 is 4.91. The van der Waals surface area contributed by atoms with Gasteiger partial charge in [-0.25, -0.2) is 0 Å². The Bertz CT molecular complexity index is 633. The Morgan fingerprint density at radius 3 is 3.06 bits per heavy atom. The van der Waals surface area contributed by atoms with Gasteiger partial charge >= 0.3 is 0 Å². The molecule has 1 aromatic rings. The quantitative estimate of drug-likeness (QED) is 0.788. The molecule has 1 aliphatic heterocycles. The molecular weight excluding hydrogens is 300 g/mol. The number of thioether (sulfide) groups is 1. The van der Waals surface area contributed by atoms with Gasteiger partial charge in [-0.3, -0.25) is 9.79 Å². The smallest absolute Gasteiger partial charge is 0.262 e. The van der Waals surface area contributed by atoms with Crippen LogP contribution >= 0.6 is 27.7 Å². The Labute approximate surface area is 112 Å². The zero-order valence-corrected chi connectivity index (χ0v) is 12.1. The molecule has 0 spiro atoms. The Kier molecular flexibility index (Phi) is 3.89. The first-order chi connectivity index (χ1) is 8.11. The van der Waals surface area contributed by atoms with E-state index in [9.17, 15) is 4.79 Å². The molecule has 0 aliphatic carbocycles. The van der Waals surface area contributed by atoms with Gasteiger partial charge in [-0.15, -0.1) is 11.8 Å². The average molecular weight is 313 g/mol. The van der Waals surface area contributed by atoms with E-state index in [2.05, 4.69) is 38.9 Å². The van der Waals surface area contributed by atoms with Crippen molar-refractivity contribution in [2.45, 2.75) is 13.3 Å². The van der Waals surface area contributed by atoms with Crippen molar-refractivity contribution in [3.8, 4) is 0 Å². The SMILES string of the molecule is CS/C1=N/C=c2/cc(Br)c(=O)[nH]/c2=C\CC1C. The summed E-state index contributed by atoms with van der Waals surface area (Å²) in [6.45, 7) is 2.14. The molecule has 1 unspecified atom stereocenters. The summed E-state index contributed by atoms with van der Waals surface area (Å²) in [6, 6.07) is 1.81. The number of nitrogens with one attached hydrogen (secondary N) is 1. The van der Waals surface area contributed by atoms with Crippen LogP contribution in [0.25, 0.3) is 12.3 Å². The second-order valence-corrected chi connectivity index (χ2v) is 5.64. The van der Waals surface area contributed by atoms with Crippen molar-refractivity contribution in [3.63, 3.8) is 0 Å². The summed E-state index contributed by atoms with van der Waals surface area (Å²) in [5, 5.41) is 2.91. The van der Waals surface area contributed by atoms with Crippen LogP contribution in [0.3, 0.4) is 0 Å². The molecule has 1 aliphatic rings. The second-order valence-electron chi connectivity index (χ2n) is 3.96. The molecule has 0 bridgehead atoms. The van der Waals surface area contributed by atoms with Gasteiger partial charge < -0.3 is 4.98 Å². The number of fused-ring (bicyclic) bond motifs is 1. The van der Waals surface area contributed by atoms with Crippen molar-refractivity contribution in [1.29, 1.82) is 0 Å². The van der Waals surface area contributed by atoms with E-state index in [0.29, 0.717) is 10.4 Å². The number of aliphatic imine (C=N–C) groups is 1. The van der Waals surface area contributed by atoms with E-state index in [1.54, 1.807) is 11.8 Å². The highest BCUT2D eigenvalue weighted by molar-refractivity contribution is 9.10. The predicted octanol–water partition coefficient (Wildman–Crippen LogP) is 1.46. The second kappa shape index (κ2) is 5.23. The van der Waals surface area contributed by atoms with Crippen LogP contribution in [0, 0.1) is 5.92 Å². The molecule has 1 atom stereocenters. The lowest BCUT2D eigenvalue weighted by Crippen LogP contribution is -2.35. The molecule has 1 N–H and O–H groups in total. The highest BCUT2D eigenvalue weighted by atomic mass is 79.9. The molecule has 0 saturated carbocycles. The molecule has 3 nitrogen and oxygen atoms in total. The van der Waals surface area contributed by atoms with E-state index >= 15 is 0 Å². The Balaban J connectivity index is 2.69. The summed E-state index contributed by atoms with van der Waals surface area (Å²) in [5.41, 5.74) is -0.101. The van der Waals surface area contributed by atoms with Crippen LogP contribution in [0.15, 0.2) is 20.3 Å². The zero-order valence-electron chi connectivity index (χ0n) is 9.66. The summed E-state index contributed by atoms with van der Waals surface area (Å²) in [6.07, 6.45) is 6.80. The lowest BCUT2D eigenvalue weighted by Gasteiger charge is -2.10. The van der Waals surface area contributed by atoms with Crippen LogP contribution in [-0.2, 0) is 0 Å². The number of hydrogen-bond donors (Lipinski definition) is 1. The number of pyridine rings is 1. The third kappa shape index (κ3) is 2.72. The standard InChI is InChI=1S/C12H13BrN2OS/c1-7-3-4-10-8(6-14-12(7)17-2)5-9(13)11(16)15-10/h4-7H,3H2,1-2H3,(H,15,16)/b8-6-,10-4-,14-12+. The first kappa shape index (κ1) is 12.6. The maximum Gasteiger partial charge on any atom is 0.262 e. The van der Waals surface area contributed by atoms with Crippen LogP contribution in [-0.4, -0.2) is 16.3 Å². The minimum atomic E-state index is -0.101. The molecule has 0 amide bonds. The molecule has 1 aromatic heterocycles. The monoisotopic (exact) mass is 312 g/mol. The molecular formula is C12H13BrN2OS. The summed E-state index contributed by atoms with van der Waals surface area (Å²) < 4.78 is 0.537. The molecule has 5 heteroatoms. The lowest BCUT2D eigenvalue weighted by molar-refractivity contribution is 0.823. The number of aromatic nitrogens is 1. The van der Waals surface area contributed by atoms with E-state index < -0.39 is 0 Å². The van der Waals surface area contributed by atoms with Crippen LogP contribution in [0.1, 0.15) is 13.3 Å². The molecule has 0 radical (unpaired) electrons. The fourth-order valence-electron chi connectivity index (χ4n) is 1.72. The molecule has 90 valence electrons. The fourth-order valence-corrected chi connectivity index (χ4v) is 2.72. The van der Waals surface area contributed by atoms with Crippen LogP contribution in [0.2, 0.25) is 0 Å². The maximum atomic E-state index is 11.5. The van der Waals surface area contributed by atoms with E-state index in [-0.39, 0.29) is 5.56 Å². The Hall–Kier alpha value is -0.810. The first-order valence-electron chi connectivity index (χ1n) is 5.32. The lowest BCUT2D eigenvalue weighted by atomic mass is 10.1. The number of halogens is 1. The highest BCUT2D eigenvalue weighted by Crippen LogP contribution is 2.15. The fraction of sp³-hybridized carbons (Fsp3) is 0.333. The van der Waals surface area contributed by atoms with Gasteiger partial charge in [0.1, 0.15) is 0 Å². The minimum Gasteiger partial charge on any atom is -0.321 e. The van der Waals surface area contributed by atoms with Crippen molar-refractivity contribution >= 4 is 45.0 Å². The highest BCUT2D eigenvalue weighted by Gasteiger charge is 2.09. The maximum absolute atomic E-state index is 11.5. The number of H-pyrrole nitrogens is 1. The number of nitrogens with zero attached hydrogens (tertiary/aromatic N) is 1. The van der Waals surface area contributed by atoms with Crippen molar-refractivity contribution in [2.75, 3.05) is 6.26 Å². The number of rotatable bonds is 0. The number of hydrogen-bond acceptors (Lipinski definition) is 3. The van der Waals surface area contributed by atoms with Gasteiger partial charge in [0, 0.05) is 22.7 Å². The van der Waals surface area contributed by atoms with E-state index in [0.717, 1.165) is 22.0 Å². The van der Waals surface area contributed by atoms with Crippen molar-refractivity contribution in [3.05, 3.63) is 31.5 Å². The van der Waals surface area contributed by atoms with Crippen LogP contribution in [0.5, 0.6) is 0 Å². The van der Waals surface area contributed by atoms with E-state index in [1.807, 2.05) is 18.5 Å². The average Bonchev–Trinajstić information content (AvgIpc) is 2.30. The van der Waals surface area contributed by atoms with E-state index in [4.69, 9.17) is 0 Å². The van der Waals surface area contributed by atoms with Crippen molar-refractivity contribution < 1.29 is 0 Å². The van der Waals surface area contributed by atoms with Gasteiger partial charge in [0.2, 0.25) is 0 Å². The predicted molar refractivity (Wildman–Crippen MR) is 77.7 cm³/mol. The Morgan fingerprint density at radius 1 is 1.59 bits per heavy atom. The van der Waals surface area contributed by atoms with Crippen LogP contribution < -0.4 is 16.1 Å². The molecule has 0 fully saturated rings. The third-order valence-electron chi connectivity index (χ3n) is 2.70. The van der Waals surface area contributed by atoms with Gasteiger partial charge in [0.05, 0.1) is 9.52 Å². The van der Waals surface area contributed by atoms with Gasteiger partial charge in [-0.2, -0.15) is 0 Å². The summed E-state index contributed by atoms with van der Waals surface area (Å²) in [4.78, 5) is 18.9. The topological polar surface area (TPSA) is 45.2 Å². The molecule has 2 rings (SSSR count). The van der Waals surface area contributed by atoms with Gasteiger partial charge in [-0.1, -0.05) is 13.0 Å². The summed E-state index contributed by atoms with van der Waals surface area (Å²) in [5.74, 6) is 0.390.